The van der Waals surface area contributed by atoms with Crippen LogP contribution in [0.1, 0.15) is 28.1 Å². The number of nitrogens with zero attached hydrogens (tertiary/aromatic N) is 4. The van der Waals surface area contributed by atoms with Gasteiger partial charge in [-0.25, -0.2) is 13.6 Å². The van der Waals surface area contributed by atoms with E-state index < -0.39 is 17.0 Å². The average molecular weight is 559 g/mol. The van der Waals surface area contributed by atoms with Crippen LogP contribution in [-0.4, -0.2) is 9.97 Å². The van der Waals surface area contributed by atoms with Crippen molar-refractivity contribution >= 4 is 5.69 Å². The Bertz CT molecular complexity index is 2000. The summed E-state index contributed by atoms with van der Waals surface area (Å²) in [6.45, 7) is 7.37. The molecule has 0 saturated heterocycles. The molecule has 2 heterocycles. The zero-order chi connectivity index (χ0) is 29.6. The normalized spacial score (nSPS) is 12.6. The van der Waals surface area contributed by atoms with Gasteiger partial charge in [0, 0.05) is 5.56 Å². The van der Waals surface area contributed by atoms with E-state index in [1.54, 1.807) is 12.1 Å². The second-order valence-electron chi connectivity index (χ2n) is 10.2. The van der Waals surface area contributed by atoms with Crippen LogP contribution >= 0.6 is 0 Å². The number of benzene rings is 4. The number of hydrogen-bond acceptors (Lipinski definition) is 3. The lowest BCUT2D eigenvalue weighted by atomic mass is 9.72. The van der Waals surface area contributed by atoms with E-state index in [0.717, 1.165) is 22.3 Å². The molecule has 0 amide bonds. The Balaban J connectivity index is 1.52. The Kier molecular flexibility index (Phi) is 6.12. The lowest BCUT2D eigenvalue weighted by Crippen LogP contribution is -2.31. The fraction of sp³-hybridized carbons (Fsp3) is 0.0270. The summed E-state index contributed by atoms with van der Waals surface area (Å²) in [7, 11) is 0. The molecule has 0 fully saturated rings. The van der Waals surface area contributed by atoms with Gasteiger partial charge in [0.1, 0.15) is 23.1 Å². The van der Waals surface area contributed by atoms with Gasteiger partial charge in [-0.05, 0) is 82.4 Å². The number of pyridine rings is 2. The molecule has 43 heavy (non-hydrogen) atoms. The van der Waals surface area contributed by atoms with Gasteiger partial charge in [0.25, 0.3) is 0 Å². The van der Waals surface area contributed by atoms with E-state index in [-0.39, 0.29) is 11.3 Å². The topological polar surface area (TPSA) is 53.9 Å². The molecular formula is C37H20F2N4. The summed E-state index contributed by atoms with van der Waals surface area (Å²) in [5, 5.41) is 9.44. The van der Waals surface area contributed by atoms with E-state index in [1.165, 1.54) is 24.3 Å². The summed E-state index contributed by atoms with van der Waals surface area (Å²) in [5.41, 5.74) is 6.91. The zero-order valence-corrected chi connectivity index (χ0v) is 22.6. The molecule has 2 aromatic heterocycles. The molecule has 1 aliphatic carbocycles. The molecule has 0 atom stereocenters. The van der Waals surface area contributed by atoms with Gasteiger partial charge in [-0.15, -0.1) is 0 Å². The van der Waals surface area contributed by atoms with Crippen LogP contribution in [0.5, 0.6) is 0 Å². The van der Waals surface area contributed by atoms with Gasteiger partial charge in [-0.2, -0.15) is 5.26 Å². The molecule has 0 bridgehead atoms. The Labute approximate surface area is 247 Å². The van der Waals surface area contributed by atoms with E-state index in [0.29, 0.717) is 33.9 Å². The molecule has 1 aliphatic rings. The third kappa shape index (κ3) is 4.01. The number of nitriles is 1. The summed E-state index contributed by atoms with van der Waals surface area (Å²) >= 11 is 0. The van der Waals surface area contributed by atoms with Crippen LogP contribution in [0.25, 0.3) is 38.5 Å². The molecule has 0 unspecified atom stereocenters. The van der Waals surface area contributed by atoms with Crippen LogP contribution in [0.2, 0.25) is 0 Å². The number of aromatic nitrogens is 2. The first-order valence-electron chi connectivity index (χ1n) is 13.6. The standard InChI is InChI=1S/C37H20F2N4/c1-41-34-21-24(17-19-31(34)39)33-13-7-15-36(43-33)37(28-10-4-2-8-26(28)27-9-3-5-11-29(27)37)35-14-6-12-32(42-35)23-16-18-30(38)25(20-23)22-40/h2-21H. The maximum atomic E-state index is 14.2. The van der Waals surface area contributed by atoms with Gasteiger partial charge >= 0.3 is 0 Å². The molecule has 6 aromatic rings. The third-order valence-corrected chi connectivity index (χ3v) is 7.96. The summed E-state index contributed by atoms with van der Waals surface area (Å²) in [6.07, 6.45) is 0. The van der Waals surface area contributed by atoms with Crippen molar-refractivity contribution < 1.29 is 8.78 Å². The summed E-state index contributed by atoms with van der Waals surface area (Å²) < 4.78 is 28.4. The lowest BCUT2D eigenvalue weighted by Gasteiger charge is -2.32. The highest BCUT2D eigenvalue weighted by Gasteiger charge is 2.48. The highest BCUT2D eigenvalue weighted by molar-refractivity contribution is 5.85. The highest BCUT2D eigenvalue weighted by atomic mass is 19.1. The quantitative estimate of drug-likeness (QED) is 0.203. The monoisotopic (exact) mass is 558 g/mol. The summed E-state index contributed by atoms with van der Waals surface area (Å²) in [4.78, 5) is 13.6. The van der Waals surface area contributed by atoms with Gasteiger partial charge in [0.05, 0.1) is 34.9 Å². The fourth-order valence-electron chi connectivity index (χ4n) is 6.05. The summed E-state index contributed by atoms with van der Waals surface area (Å²) in [5.74, 6) is -1.16. The minimum Gasteiger partial charge on any atom is -0.251 e. The molecule has 7 rings (SSSR count). The summed E-state index contributed by atoms with van der Waals surface area (Å²) in [6, 6.07) is 38.5. The van der Waals surface area contributed by atoms with E-state index in [1.807, 2.05) is 66.7 Å². The van der Waals surface area contributed by atoms with Crippen molar-refractivity contribution in [2.45, 2.75) is 5.41 Å². The first-order valence-corrected chi connectivity index (χ1v) is 13.6. The lowest BCUT2D eigenvalue weighted by molar-refractivity contribution is 0.624. The minimum atomic E-state index is -0.931. The third-order valence-electron chi connectivity index (χ3n) is 7.96. The molecule has 6 heteroatoms. The largest absolute Gasteiger partial charge is 0.251 e. The molecule has 0 N–H and O–H groups in total. The predicted octanol–water partition coefficient (Wildman–Crippen LogP) is 8.87. The van der Waals surface area contributed by atoms with E-state index in [4.69, 9.17) is 16.5 Å². The first kappa shape index (κ1) is 26.0. The SMILES string of the molecule is [C-]#[N+]c1cc(-c2cccc(C3(c4cccc(-c5ccc(F)c(C#N)c5)n4)c4ccccc4-c4ccccc43)n2)ccc1F. The van der Waals surface area contributed by atoms with Crippen LogP contribution in [-0.2, 0) is 5.41 Å². The fourth-order valence-corrected chi connectivity index (χ4v) is 6.05. The van der Waals surface area contributed by atoms with Gasteiger partial charge in [-0.3, -0.25) is 9.97 Å². The van der Waals surface area contributed by atoms with Crippen molar-refractivity contribution in [2.75, 3.05) is 0 Å². The molecular weight excluding hydrogens is 538 g/mol. The molecule has 0 saturated carbocycles. The van der Waals surface area contributed by atoms with E-state index in [2.05, 4.69) is 29.1 Å². The molecule has 0 aliphatic heterocycles. The first-order chi connectivity index (χ1) is 21.0. The second-order valence-corrected chi connectivity index (χ2v) is 10.2. The second kappa shape index (κ2) is 10.1. The Morgan fingerprint density at radius 1 is 0.628 bits per heavy atom. The highest BCUT2D eigenvalue weighted by Crippen LogP contribution is 2.55. The van der Waals surface area contributed by atoms with Gasteiger partial charge in [0.2, 0.25) is 5.69 Å². The van der Waals surface area contributed by atoms with Crippen molar-refractivity contribution in [1.82, 2.24) is 9.97 Å². The number of halogens is 2. The Morgan fingerprint density at radius 3 is 1.72 bits per heavy atom. The van der Waals surface area contributed by atoms with Crippen molar-refractivity contribution in [3.05, 3.63) is 172 Å². The molecule has 0 radical (unpaired) electrons. The van der Waals surface area contributed by atoms with Crippen molar-refractivity contribution in [1.29, 1.82) is 5.26 Å². The van der Waals surface area contributed by atoms with Crippen LogP contribution in [0, 0.1) is 29.5 Å². The van der Waals surface area contributed by atoms with Gasteiger partial charge < -0.3 is 0 Å². The average Bonchev–Trinajstić information content (AvgIpc) is 3.36. The van der Waals surface area contributed by atoms with E-state index in [9.17, 15) is 14.0 Å². The molecule has 0 spiro atoms. The molecule has 202 valence electrons. The number of fused-ring (bicyclic) bond motifs is 3. The van der Waals surface area contributed by atoms with Crippen molar-refractivity contribution in [2.24, 2.45) is 0 Å². The maximum absolute atomic E-state index is 14.2. The predicted molar refractivity (Wildman–Crippen MR) is 161 cm³/mol. The molecule has 4 nitrogen and oxygen atoms in total. The van der Waals surface area contributed by atoms with E-state index >= 15 is 0 Å². The smallest absolute Gasteiger partial charge is 0.222 e. The van der Waals surface area contributed by atoms with Crippen LogP contribution in [0.4, 0.5) is 14.5 Å². The van der Waals surface area contributed by atoms with Crippen molar-refractivity contribution in [3.8, 4) is 39.7 Å². The Hall–Kier alpha value is -5.98. The number of rotatable bonds is 4. The number of hydrogen-bond donors (Lipinski definition) is 0. The maximum Gasteiger partial charge on any atom is 0.222 e. The van der Waals surface area contributed by atoms with Gasteiger partial charge in [-0.1, -0.05) is 66.7 Å². The van der Waals surface area contributed by atoms with Gasteiger partial charge in [0.15, 0.2) is 0 Å². The molecule has 4 aromatic carbocycles. The van der Waals surface area contributed by atoms with Crippen LogP contribution in [0.15, 0.2) is 121 Å². The van der Waals surface area contributed by atoms with Crippen LogP contribution in [0.3, 0.4) is 0 Å². The van der Waals surface area contributed by atoms with Crippen molar-refractivity contribution in [3.63, 3.8) is 0 Å². The minimum absolute atomic E-state index is 0.0524. The zero-order valence-electron chi connectivity index (χ0n) is 22.6. The Morgan fingerprint density at radius 2 is 1.16 bits per heavy atom. The van der Waals surface area contributed by atoms with Crippen LogP contribution < -0.4 is 0 Å².